The van der Waals surface area contributed by atoms with Crippen molar-refractivity contribution >= 4 is 21.6 Å². The van der Waals surface area contributed by atoms with E-state index in [1.165, 1.54) is 34.4 Å². The molecule has 1 saturated carbocycles. The van der Waals surface area contributed by atoms with Gasteiger partial charge in [-0.2, -0.15) is 0 Å². The second-order valence-electron chi connectivity index (χ2n) is 10.9. The van der Waals surface area contributed by atoms with Crippen molar-refractivity contribution in [1.82, 2.24) is 9.55 Å². The van der Waals surface area contributed by atoms with Gasteiger partial charge >= 0.3 is 0 Å². The number of fused-ring (bicyclic) bond motifs is 9. The monoisotopic (exact) mass is 482 g/mol. The van der Waals surface area contributed by atoms with Crippen LogP contribution in [0.2, 0.25) is 0 Å². The fourth-order valence-electron chi connectivity index (χ4n) is 7.61. The molecule has 4 aromatic rings. The first kappa shape index (κ1) is 21.4. The highest BCUT2D eigenvalue weighted by atomic mass is 32.1. The summed E-state index contributed by atoms with van der Waals surface area (Å²) in [7, 11) is 1.75. The first-order valence-electron chi connectivity index (χ1n) is 12.8. The molecule has 0 saturated heterocycles. The SMILES string of the molecule is COc1ccc2c(c1)CC[C@@H]1[C@@H]2CC[C@]2(C)c3c(sc4ncn(Cc5ccccc5)c(=O)c34)C[C@H]12. The summed E-state index contributed by atoms with van der Waals surface area (Å²) in [5.74, 6) is 2.87. The fourth-order valence-corrected chi connectivity index (χ4v) is 8.93. The lowest BCUT2D eigenvalue weighted by atomic mass is 9.55. The number of hydrogen-bond donors (Lipinski definition) is 0. The molecular weight excluding hydrogens is 452 g/mol. The number of rotatable bonds is 3. The van der Waals surface area contributed by atoms with Gasteiger partial charge in [0.1, 0.15) is 10.6 Å². The molecule has 0 N–H and O–H groups in total. The van der Waals surface area contributed by atoms with Crippen LogP contribution in [0.3, 0.4) is 0 Å². The number of thiophene rings is 1. The Bertz CT molecular complexity index is 1500. The Kier molecular flexibility index (Phi) is 4.76. The summed E-state index contributed by atoms with van der Waals surface area (Å²) in [6, 6.07) is 16.9. The highest BCUT2D eigenvalue weighted by Crippen LogP contribution is 2.62. The van der Waals surface area contributed by atoms with E-state index >= 15 is 0 Å². The third-order valence-electron chi connectivity index (χ3n) is 9.25. The number of hydrogen-bond acceptors (Lipinski definition) is 4. The lowest BCUT2D eigenvalue weighted by Gasteiger charge is -2.49. The van der Waals surface area contributed by atoms with Crippen LogP contribution in [-0.4, -0.2) is 16.7 Å². The summed E-state index contributed by atoms with van der Waals surface area (Å²) in [6.07, 6.45) is 7.51. The number of benzene rings is 2. The lowest BCUT2D eigenvalue weighted by molar-refractivity contribution is 0.106. The van der Waals surface area contributed by atoms with Crippen molar-refractivity contribution in [3.05, 3.63) is 92.3 Å². The van der Waals surface area contributed by atoms with Gasteiger partial charge in [0.25, 0.3) is 5.56 Å². The standard InChI is InChI=1S/C30H30N2O2S/c1-30-13-12-22-21-11-9-20(34-2)14-19(21)8-10-23(22)24(30)15-25-27(30)26-28(35-25)31-17-32(29(26)33)16-18-6-4-3-5-7-18/h3-7,9,11,14,17,22-24H,8,10,12-13,15-16H2,1-2H3/t22-,23-,24-,30+/m1/s1. The smallest absolute Gasteiger partial charge is 0.262 e. The van der Waals surface area contributed by atoms with Crippen molar-refractivity contribution < 1.29 is 4.74 Å². The van der Waals surface area contributed by atoms with E-state index in [1.807, 2.05) is 18.2 Å². The van der Waals surface area contributed by atoms with Gasteiger partial charge in [-0.05, 0) is 89.7 Å². The third-order valence-corrected chi connectivity index (χ3v) is 10.4. The minimum absolute atomic E-state index is 0.0610. The van der Waals surface area contributed by atoms with Gasteiger partial charge in [-0.3, -0.25) is 9.36 Å². The zero-order valence-electron chi connectivity index (χ0n) is 20.3. The van der Waals surface area contributed by atoms with Gasteiger partial charge in [0, 0.05) is 4.88 Å². The van der Waals surface area contributed by atoms with E-state index in [-0.39, 0.29) is 11.0 Å². The molecule has 3 aliphatic rings. The van der Waals surface area contributed by atoms with E-state index in [0.29, 0.717) is 24.3 Å². The lowest BCUT2D eigenvalue weighted by Crippen LogP contribution is -2.43. The molecule has 1 fully saturated rings. The Balaban J connectivity index is 1.28. The predicted octanol–water partition coefficient (Wildman–Crippen LogP) is 6.08. The summed E-state index contributed by atoms with van der Waals surface area (Å²) in [4.78, 5) is 20.9. The predicted molar refractivity (Wildman–Crippen MR) is 141 cm³/mol. The zero-order chi connectivity index (χ0) is 23.7. The van der Waals surface area contributed by atoms with E-state index in [0.717, 1.165) is 40.8 Å². The molecular formula is C30H30N2O2S. The van der Waals surface area contributed by atoms with E-state index < -0.39 is 0 Å². The van der Waals surface area contributed by atoms with Crippen LogP contribution in [0.25, 0.3) is 10.2 Å². The summed E-state index contributed by atoms with van der Waals surface area (Å²) in [5.41, 5.74) is 5.66. The van der Waals surface area contributed by atoms with Crippen molar-refractivity contribution in [3.63, 3.8) is 0 Å². The molecule has 5 heteroatoms. The van der Waals surface area contributed by atoms with Crippen molar-refractivity contribution in [2.75, 3.05) is 7.11 Å². The van der Waals surface area contributed by atoms with E-state index in [1.54, 1.807) is 29.3 Å². The largest absolute Gasteiger partial charge is 0.497 e. The van der Waals surface area contributed by atoms with Crippen LogP contribution in [-0.2, 0) is 24.8 Å². The number of ether oxygens (including phenoxy) is 1. The molecule has 2 heterocycles. The summed E-state index contributed by atoms with van der Waals surface area (Å²) in [5, 5.41) is 0.896. The molecule has 4 nitrogen and oxygen atoms in total. The van der Waals surface area contributed by atoms with Gasteiger partial charge in [-0.1, -0.05) is 43.3 Å². The molecule has 2 aromatic carbocycles. The van der Waals surface area contributed by atoms with Gasteiger partial charge in [-0.25, -0.2) is 4.98 Å². The first-order chi connectivity index (χ1) is 17.1. The van der Waals surface area contributed by atoms with Gasteiger partial charge in [0.05, 0.1) is 25.4 Å². The van der Waals surface area contributed by atoms with E-state index in [9.17, 15) is 4.79 Å². The Labute approximate surface area is 209 Å². The van der Waals surface area contributed by atoms with Crippen LogP contribution < -0.4 is 10.3 Å². The highest BCUT2D eigenvalue weighted by molar-refractivity contribution is 7.18. The minimum Gasteiger partial charge on any atom is -0.497 e. The molecule has 0 spiro atoms. The summed E-state index contributed by atoms with van der Waals surface area (Å²) in [6.45, 7) is 3.02. The number of methoxy groups -OCH3 is 1. The molecule has 7 rings (SSSR count). The van der Waals surface area contributed by atoms with Crippen LogP contribution in [0.5, 0.6) is 5.75 Å². The Hall–Kier alpha value is -2.92. The quantitative estimate of drug-likeness (QED) is 0.355. The molecule has 3 aliphatic carbocycles. The maximum atomic E-state index is 13.8. The summed E-state index contributed by atoms with van der Waals surface area (Å²) >= 11 is 1.77. The molecule has 178 valence electrons. The van der Waals surface area contributed by atoms with Crippen molar-refractivity contribution in [2.24, 2.45) is 11.8 Å². The molecule has 0 aliphatic heterocycles. The van der Waals surface area contributed by atoms with Crippen LogP contribution in [0.4, 0.5) is 0 Å². The van der Waals surface area contributed by atoms with Gasteiger partial charge in [0.15, 0.2) is 0 Å². The van der Waals surface area contributed by atoms with Crippen molar-refractivity contribution in [1.29, 1.82) is 0 Å². The van der Waals surface area contributed by atoms with Crippen LogP contribution in [0.15, 0.2) is 59.7 Å². The second-order valence-corrected chi connectivity index (χ2v) is 12.0. The number of aryl methyl sites for hydroxylation is 1. The minimum atomic E-state index is 0.0610. The van der Waals surface area contributed by atoms with Crippen molar-refractivity contribution in [3.8, 4) is 5.75 Å². The summed E-state index contributed by atoms with van der Waals surface area (Å²) < 4.78 is 7.30. The second kappa shape index (κ2) is 7.79. The number of aromatic nitrogens is 2. The molecule has 0 unspecified atom stereocenters. The van der Waals surface area contributed by atoms with Crippen LogP contribution in [0.1, 0.15) is 59.2 Å². The molecule has 0 radical (unpaired) electrons. The van der Waals surface area contributed by atoms with E-state index in [4.69, 9.17) is 9.72 Å². The highest BCUT2D eigenvalue weighted by Gasteiger charge is 2.54. The third kappa shape index (κ3) is 3.10. The van der Waals surface area contributed by atoms with Crippen LogP contribution in [0, 0.1) is 11.8 Å². The Morgan fingerprint density at radius 3 is 2.86 bits per heavy atom. The Morgan fingerprint density at radius 1 is 1.17 bits per heavy atom. The first-order valence-corrected chi connectivity index (χ1v) is 13.6. The molecule has 0 amide bonds. The van der Waals surface area contributed by atoms with Gasteiger partial charge < -0.3 is 4.74 Å². The van der Waals surface area contributed by atoms with Crippen molar-refractivity contribution in [2.45, 2.75) is 56.9 Å². The normalized spacial score (nSPS) is 26.6. The van der Waals surface area contributed by atoms with Gasteiger partial charge in [-0.15, -0.1) is 11.3 Å². The molecule has 0 bridgehead atoms. The maximum absolute atomic E-state index is 13.8. The molecule has 4 atom stereocenters. The average Bonchev–Trinajstić information content (AvgIpc) is 3.40. The zero-order valence-corrected chi connectivity index (χ0v) is 21.1. The maximum Gasteiger partial charge on any atom is 0.262 e. The van der Waals surface area contributed by atoms with Crippen LogP contribution >= 0.6 is 11.3 Å². The molecule has 35 heavy (non-hydrogen) atoms. The topological polar surface area (TPSA) is 44.1 Å². The Morgan fingerprint density at radius 2 is 2.03 bits per heavy atom. The fraction of sp³-hybridized carbons (Fsp3) is 0.400. The average molecular weight is 483 g/mol. The molecule has 2 aromatic heterocycles. The van der Waals surface area contributed by atoms with Gasteiger partial charge in [0.2, 0.25) is 0 Å². The number of nitrogens with zero attached hydrogens (tertiary/aromatic N) is 2. The van der Waals surface area contributed by atoms with E-state index in [2.05, 4.69) is 37.3 Å².